The normalized spacial score (nSPS) is 21.7. The van der Waals surface area contributed by atoms with E-state index in [1.807, 2.05) is 23.1 Å². The lowest BCUT2D eigenvalue weighted by atomic mass is 10.0. The number of benzene rings is 1. The molecule has 6 nitrogen and oxygen atoms in total. The second-order valence-electron chi connectivity index (χ2n) is 6.66. The van der Waals surface area contributed by atoms with E-state index in [2.05, 4.69) is 15.7 Å². The number of carbonyl (C=O) groups excluding carboxylic acids is 1. The van der Waals surface area contributed by atoms with Crippen molar-refractivity contribution in [3.05, 3.63) is 29.8 Å². The molecule has 1 saturated heterocycles. The van der Waals surface area contributed by atoms with Crippen molar-refractivity contribution in [1.82, 2.24) is 9.62 Å². The standard InChI is InChI=1S/C17H25N3O3S/c1-24(22,23)18-12-15-7-4-5-10-19(15)13-17(21)20-11-9-14-6-2-3-8-16(14)20/h2-3,6,8,15,18H,4-5,7,9-13H2,1H3. The number of nitrogens with one attached hydrogen (secondary N) is 1. The Labute approximate surface area is 143 Å². The summed E-state index contributed by atoms with van der Waals surface area (Å²) in [7, 11) is -3.20. The number of amides is 1. The number of nitrogens with zero attached hydrogens (tertiary/aromatic N) is 2. The van der Waals surface area contributed by atoms with E-state index < -0.39 is 10.0 Å². The van der Waals surface area contributed by atoms with Gasteiger partial charge in [-0.05, 0) is 37.4 Å². The largest absolute Gasteiger partial charge is 0.311 e. The molecule has 2 aliphatic rings. The second kappa shape index (κ2) is 7.21. The van der Waals surface area contributed by atoms with Gasteiger partial charge in [-0.15, -0.1) is 0 Å². The first-order valence-corrected chi connectivity index (χ1v) is 10.4. The number of fused-ring (bicyclic) bond motifs is 1. The van der Waals surface area contributed by atoms with Crippen molar-refractivity contribution in [2.75, 3.05) is 37.3 Å². The van der Waals surface area contributed by atoms with Crippen LogP contribution in [0.25, 0.3) is 0 Å². The molecule has 0 aromatic heterocycles. The van der Waals surface area contributed by atoms with Crippen molar-refractivity contribution in [1.29, 1.82) is 0 Å². The highest BCUT2D eigenvalue weighted by Gasteiger charge is 2.29. The number of rotatable bonds is 5. The Balaban J connectivity index is 1.64. The average Bonchev–Trinajstić information content (AvgIpc) is 2.97. The van der Waals surface area contributed by atoms with E-state index in [0.29, 0.717) is 13.1 Å². The van der Waals surface area contributed by atoms with Gasteiger partial charge in [0.05, 0.1) is 12.8 Å². The van der Waals surface area contributed by atoms with Crippen LogP contribution >= 0.6 is 0 Å². The van der Waals surface area contributed by atoms with Crippen molar-refractivity contribution in [2.45, 2.75) is 31.7 Å². The van der Waals surface area contributed by atoms with Crippen LogP contribution in [0.1, 0.15) is 24.8 Å². The number of piperidine rings is 1. The molecule has 1 fully saturated rings. The lowest BCUT2D eigenvalue weighted by Crippen LogP contribution is -2.50. The van der Waals surface area contributed by atoms with Crippen LogP contribution < -0.4 is 9.62 Å². The Morgan fingerprint density at radius 2 is 2.04 bits per heavy atom. The van der Waals surface area contributed by atoms with Crippen molar-refractivity contribution in [3.8, 4) is 0 Å². The van der Waals surface area contributed by atoms with Crippen LogP contribution in [-0.2, 0) is 21.2 Å². The van der Waals surface area contributed by atoms with Gasteiger partial charge in [-0.2, -0.15) is 0 Å². The van der Waals surface area contributed by atoms with Crippen LogP contribution in [0.5, 0.6) is 0 Å². The maximum absolute atomic E-state index is 12.8. The quantitative estimate of drug-likeness (QED) is 0.859. The molecule has 24 heavy (non-hydrogen) atoms. The molecule has 1 N–H and O–H groups in total. The van der Waals surface area contributed by atoms with Gasteiger partial charge in [0.15, 0.2) is 0 Å². The first-order chi connectivity index (χ1) is 11.4. The fraction of sp³-hybridized carbons (Fsp3) is 0.588. The Kier molecular flexibility index (Phi) is 5.22. The molecular weight excluding hydrogens is 326 g/mol. The topological polar surface area (TPSA) is 69.7 Å². The first-order valence-electron chi connectivity index (χ1n) is 8.51. The number of hydrogen-bond donors (Lipinski definition) is 1. The van der Waals surface area contributed by atoms with Crippen molar-refractivity contribution in [2.24, 2.45) is 0 Å². The van der Waals surface area contributed by atoms with Crippen LogP contribution in [0.15, 0.2) is 24.3 Å². The molecule has 2 aliphatic heterocycles. The molecule has 1 unspecified atom stereocenters. The summed E-state index contributed by atoms with van der Waals surface area (Å²) < 4.78 is 25.3. The monoisotopic (exact) mass is 351 g/mol. The maximum atomic E-state index is 12.8. The van der Waals surface area contributed by atoms with E-state index in [0.717, 1.165) is 44.5 Å². The minimum Gasteiger partial charge on any atom is -0.311 e. The van der Waals surface area contributed by atoms with Gasteiger partial charge in [0, 0.05) is 24.8 Å². The van der Waals surface area contributed by atoms with Gasteiger partial charge in [-0.25, -0.2) is 13.1 Å². The van der Waals surface area contributed by atoms with Crippen LogP contribution in [0, 0.1) is 0 Å². The molecule has 1 atom stereocenters. The highest BCUT2D eigenvalue weighted by atomic mass is 32.2. The molecular formula is C17H25N3O3S. The van der Waals surface area contributed by atoms with Crippen LogP contribution in [0.3, 0.4) is 0 Å². The summed E-state index contributed by atoms with van der Waals surface area (Å²) in [5.41, 5.74) is 2.24. The first kappa shape index (κ1) is 17.4. The van der Waals surface area contributed by atoms with E-state index in [9.17, 15) is 13.2 Å². The third-order valence-electron chi connectivity index (χ3n) is 4.86. The van der Waals surface area contributed by atoms with Gasteiger partial charge >= 0.3 is 0 Å². The summed E-state index contributed by atoms with van der Waals surface area (Å²) in [5, 5.41) is 0. The zero-order valence-corrected chi connectivity index (χ0v) is 14.9. The minimum absolute atomic E-state index is 0.0928. The van der Waals surface area contributed by atoms with E-state index >= 15 is 0 Å². The predicted molar refractivity (Wildman–Crippen MR) is 94.6 cm³/mol. The number of likely N-dealkylation sites (tertiary alicyclic amines) is 1. The second-order valence-corrected chi connectivity index (χ2v) is 8.50. The maximum Gasteiger partial charge on any atom is 0.241 e. The highest BCUT2D eigenvalue weighted by molar-refractivity contribution is 7.88. The van der Waals surface area contributed by atoms with Gasteiger partial charge in [0.25, 0.3) is 0 Å². The molecule has 0 aliphatic carbocycles. The van der Waals surface area contributed by atoms with Gasteiger partial charge in [-0.3, -0.25) is 9.69 Å². The molecule has 132 valence electrons. The molecule has 1 aromatic carbocycles. The summed E-state index contributed by atoms with van der Waals surface area (Å²) in [6, 6.07) is 8.13. The fourth-order valence-electron chi connectivity index (χ4n) is 3.60. The SMILES string of the molecule is CS(=O)(=O)NCC1CCCCN1CC(=O)N1CCc2ccccc21. The predicted octanol–water partition coefficient (Wildman–Crippen LogP) is 0.979. The minimum atomic E-state index is -3.20. The molecule has 7 heteroatoms. The number of sulfonamides is 1. The number of para-hydroxylation sites is 1. The molecule has 0 radical (unpaired) electrons. The van der Waals surface area contributed by atoms with Crippen LogP contribution in [0.4, 0.5) is 5.69 Å². The Morgan fingerprint density at radius 1 is 1.25 bits per heavy atom. The average molecular weight is 351 g/mol. The summed E-state index contributed by atoms with van der Waals surface area (Å²) in [5.74, 6) is 0.103. The summed E-state index contributed by atoms with van der Waals surface area (Å²) in [6.07, 6.45) is 5.13. The lowest BCUT2D eigenvalue weighted by Gasteiger charge is -2.36. The lowest BCUT2D eigenvalue weighted by molar-refractivity contribution is -0.120. The van der Waals surface area contributed by atoms with Crippen LogP contribution in [0.2, 0.25) is 0 Å². The van der Waals surface area contributed by atoms with Crippen molar-refractivity contribution < 1.29 is 13.2 Å². The molecule has 3 rings (SSSR count). The smallest absolute Gasteiger partial charge is 0.241 e. The van der Waals surface area contributed by atoms with Gasteiger partial charge in [0.2, 0.25) is 15.9 Å². The van der Waals surface area contributed by atoms with Gasteiger partial charge in [0.1, 0.15) is 0 Å². The van der Waals surface area contributed by atoms with Crippen molar-refractivity contribution in [3.63, 3.8) is 0 Å². The molecule has 0 bridgehead atoms. The van der Waals surface area contributed by atoms with E-state index in [-0.39, 0.29) is 11.9 Å². The zero-order valence-electron chi connectivity index (χ0n) is 14.1. The number of hydrogen-bond acceptors (Lipinski definition) is 4. The third-order valence-corrected chi connectivity index (χ3v) is 5.55. The summed E-state index contributed by atoms with van der Waals surface area (Å²) >= 11 is 0. The van der Waals surface area contributed by atoms with E-state index in [1.165, 1.54) is 11.8 Å². The fourth-order valence-corrected chi connectivity index (χ4v) is 4.10. The Hall–Kier alpha value is -1.44. The Morgan fingerprint density at radius 3 is 2.83 bits per heavy atom. The van der Waals surface area contributed by atoms with Crippen molar-refractivity contribution >= 4 is 21.6 Å². The Bertz CT molecular complexity index is 705. The summed E-state index contributed by atoms with van der Waals surface area (Å²) in [4.78, 5) is 16.8. The van der Waals surface area contributed by atoms with Crippen LogP contribution in [-0.4, -0.2) is 57.7 Å². The van der Waals surface area contributed by atoms with E-state index in [1.54, 1.807) is 0 Å². The molecule has 1 amide bonds. The molecule has 0 spiro atoms. The number of carbonyl (C=O) groups is 1. The molecule has 1 aromatic rings. The van der Waals surface area contributed by atoms with Gasteiger partial charge < -0.3 is 4.90 Å². The van der Waals surface area contributed by atoms with E-state index in [4.69, 9.17) is 0 Å². The molecule has 0 saturated carbocycles. The van der Waals surface area contributed by atoms with Gasteiger partial charge in [-0.1, -0.05) is 24.6 Å². The highest BCUT2D eigenvalue weighted by Crippen LogP contribution is 2.28. The zero-order chi connectivity index (χ0) is 17.2. The summed E-state index contributed by atoms with van der Waals surface area (Å²) in [6.45, 7) is 2.31. The third kappa shape index (κ3) is 4.15. The molecule has 2 heterocycles. The number of anilines is 1.